The second-order valence-electron chi connectivity index (χ2n) is 12.2. The van der Waals surface area contributed by atoms with Gasteiger partial charge in [-0.2, -0.15) is 5.06 Å². The Labute approximate surface area is 267 Å². The highest BCUT2D eigenvalue weighted by Gasteiger charge is 2.76. The molecular weight excluding hydrogens is 685 g/mol. The summed E-state index contributed by atoms with van der Waals surface area (Å²) in [6.07, 6.45) is -3.32. The summed E-state index contributed by atoms with van der Waals surface area (Å²) >= 11 is 2.21. The third-order valence-electron chi connectivity index (χ3n) is 9.46. The minimum Gasteiger partial charge on any atom is -0.458 e. The minimum atomic E-state index is -1.51. The van der Waals surface area contributed by atoms with Gasteiger partial charge in [0.25, 0.3) is 0 Å². The second kappa shape index (κ2) is 11.3. The van der Waals surface area contributed by atoms with Crippen molar-refractivity contribution in [2.75, 3.05) is 13.2 Å². The van der Waals surface area contributed by atoms with Gasteiger partial charge in [-0.05, 0) is 52.3 Å². The van der Waals surface area contributed by atoms with Crippen molar-refractivity contribution in [1.82, 2.24) is 15.7 Å². The highest BCUT2D eigenvalue weighted by molar-refractivity contribution is 14.1. The highest BCUT2D eigenvalue weighted by Crippen LogP contribution is 2.58. The summed E-state index contributed by atoms with van der Waals surface area (Å²) in [6, 6.07) is 13.2. The van der Waals surface area contributed by atoms with E-state index in [9.17, 15) is 24.6 Å². The van der Waals surface area contributed by atoms with Gasteiger partial charge in [0.2, 0.25) is 11.8 Å². The number of carbonyl (C=O) groups is 3. The number of rotatable bonds is 8. The third-order valence-corrected chi connectivity index (χ3v) is 10.5. The average Bonchev–Trinajstić information content (AvgIpc) is 3.67. The van der Waals surface area contributed by atoms with Gasteiger partial charge in [0.1, 0.15) is 35.9 Å². The summed E-state index contributed by atoms with van der Waals surface area (Å²) in [5, 5.41) is 26.4. The van der Waals surface area contributed by atoms with Crippen LogP contribution in [0, 0.1) is 8.99 Å². The van der Waals surface area contributed by atoms with Crippen LogP contribution in [-0.2, 0) is 52.8 Å². The Bertz CT molecular complexity index is 1460. The first-order valence-electron chi connectivity index (χ1n) is 14.8. The first-order valence-corrected chi connectivity index (χ1v) is 15.9. The fraction of sp³-hybridized carbons (Fsp3) is 0.516. The Balaban J connectivity index is 1.26. The predicted octanol–water partition coefficient (Wildman–Crippen LogP) is 0.344. The normalized spacial score (nSPS) is 32.5. The summed E-state index contributed by atoms with van der Waals surface area (Å²) in [5.74, 6) is -2.90. The van der Waals surface area contributed by atoms with Crippen molar-refractivity contribution in [3.8, 4) is 0 Å². The lowest BCUT2D eigenvalue weighted by atomic mass is 9.62. The minimum absolute atomic E-state index is 0.0469. The molecule has 3 aliphatic heterocycles. The topological polar surface area (TPSA) is 156 Å². The maximum atomic E-state index is 14.5. The smallest absolute Gasteiger partial charge is 0.327 e. The Hall–Kier alpha value is -2.66. The van der Waals surface area contributed by atoms with Gasteiger partial charge in [0.05, 0.1) is 19.3 Å². The molecule has 2 aliphatic carbocycles. The molecule has 0 aromatic heterocycles. The van der Waals surface area contributed by atoms with E-state index in [0.29, 0.717) is 12.8 Å². The first-order chi connectivity index (χ1) is 21.2. The molecule has 0 radical (unpaired) electrons. The van der Waals surface area contributed by atoms with E-state index >= 15 is 0 Å². The third kappa shape index (κ3) is 4.75. The number of halogens is 1. The molecule has 1 saturated carbocycles. The Morgan fingerprint density at radius 3 is 2.45 bits per heavy atom. The zero-order valence-corrected chi connectivity index (χ0v) is 26.1. The van der Waals surface area contributed by atoms with Gasteiger partial charge in [-0.15, -0.1) is 0 Å². The van der Waals surface area contributed by atoms with Gasteiger partial charge in [-0.1, -0.05) is 42.5 Å². The summed E-state index contributed by atoms with van der Waals surface area (Å²) in [5.41, 5.74) is 1.60. The molecule has 3 saturated heterocycles. The molecule has 3 heterocycles. The molecule has 8 unspecified atom stereocenters. The molecule has 1 spiro atoms. The lowest BCUT2D eigenvalue weighted by Gasteiger charge is -2.49. The van der Waals surface area contributed by atoms with Gasteiger partial charge in [-0.3, -0.25) is 19.2 Å². The number of aliphatic hydroxyl groups excluding tert-OH is 2. The maximum Gasteiger partial charge on any atom is 0.327 e. The van der Waals surface area contributed by atoms with Crippen molar-refractivity contribution in [2.24, 2.45) is 5.41 Å². The summed E-state index contributed by atoms with van der Waals surface area (Å²) in [6.45, 7) is 1.23. The van der Waals surface area contributed by atoms with Gasteiger partial charge >= 0.3 is 5.97 Å². The van der Waals surface area contributed by atoms with Crippen LogP contribution in [0.3, 0.4) is 0 Å². The van der Waals surface area contributed by atoms with E-state index in [0.717, 1.165) is 20.3 Å². The monoisotopic (exact) mass is 719 g/mol. The zero-order chi connectivity index (χ0) is 30.8. The largest absolute Gasteiger partial charge is 0.458 e. The van der Waals surface area contributed by atoms with Crippen LogP contribution < -0.4 is 10.6 Å². The Morgan fingerprint density at radius 2 is 1.77 bits per heavy atom. The van der Waals surface area contributed by atoms with Gasteiger partial charge in [0, 0.05) is 29.4 Å². The van der Waals surface area contributed by atoms with Crippen LogP contribution in [0.2, 0.25) is 0 Å². The van der Waals surface area contributed by atoms with Crippen LogP contribution in [0.4, 0.5) is 0 Å². The number of hydrogen-bond acceptors (Lipinski definition) is 10. The van der Waals surface area contributed by atoms with Crippen LogP contribution in [0.25, 0.3) is 0 Å². The van der Waals surface area contributed by atoms with Gasteiger partial charge in [0.15, 0.2) is 11.8 Å². The molecule has 8 atom stereocenters. The number of carbonyl (C=O) groups excluding carboxylic acids is 3. The number of nitrogens with one attached hydrogen (secondary N) is 2. The molecule has 12 nitrogen and oxygen atoms in total. The molecule has 2 amide bonds. The zero-order valence-electron chi connectivity index (χ0n) is 24.0. The number of esters is 1. The number of amides is 2. The molecule has 2 aromatic rings. The molecule has 5 aliphatic rings. The molecule has 4 fully saturated rings. The molecular formula is C31H34IN3O9. The Morgan fingerprint density at radius 1 is 1.09 bits per heavy atom. The van der Waals surface area contributed by atoms with Crippen LogP contribution in [0.5, 0.6) is 0 Å². The van der Waals surface area contributed by atoms with Crippen LogP contribution in [-0.4, -0.2) is 94.6 Å². The fourth-order valence-corrected chi connectivity index (χ4v) is 8.08. The molecule has 2 aromatic carbocycles. The molecule has 7 rings (SSSR count). The molecule has 13 heteroatoms. The van der Waals surface area contributed by atoms with Crippen LogP contribution in [0.15, 0.2) is 48.5 Å². The van der Waals surface area contributed by atoms with Gasteiger partial charge in [-0.25, -0.2) is 0 Å². The number of benzene rings is 2. The van der Waals surface area contributed by atoms with Crippen molar-refractivity contribution in [3.05, 3.63) is 68.8 Å². The lowest BCUT2D eigenvalue weighted by molar-refractivity contribution is -0.217. The van der Waals surface area contributed by atoms with E-state index in [4.69, 9.17) is 19.0 Å². The number of hydrogen-bond donors (Lipinski definition) is 4. The SMILES string of the molecule is CC(O)C(NC(=O)C12CC3OC(=O)C1N(Cc1ccccc1I)OC2C1OC2(Cc4ccccc4C2)OC31)C(=O)NCCO. The number of nitrogens with zero attached hydrogens (tertiary/aromatic N) is 1. The van der Waals surface area contributed by atoms with E-state index in [-0.39, 0.29) is 26.1 Å². The van der Waals surface area contributed by atoms with E-state index in [2.05, 4.69) is 33.2 Å². The quantitative estimate of drug-likeness (QED) is 0.222. The summed E-state index contributed by atoms with van der Waals surface area (Å²) < 4.78 is 20.3. The van der Waals surface area contributed by atoms with Crippen molar-refractivity contribution >= 4 is 40.4 Å². The predicted molar refractivity (Wildman–Crippen MR) is 160 cm³/mol. The van der Waals surface area contributed by atoms with Crippen LogP contribution >= 0.6 is 22.6 Å². The average molecular weight is 720 g/mol. The van der Waals surface area contributed by atoms with Crippen molar-refractivity contribution in [3.63, 3.8) is 0 Å². The Kier molecular flexibility index (Phi) is 7.71. The molecule has 2 bridgehead atoms. The lowest BCUT2D eigenvalue weighted by Crippen LogP contribution is -2.71. The number of ether oxygens (including phenoxy) is 3. The van der Waals surface area contributed by atoms with E-state index in [1.54, 1.807) is 0 Å². The van der Waals surface area contributed by atoms with E-state index < -0.39 is 71.6 Å². The number of aliphatic hydroxyl groups is 2. The van der Waals surface area contributed by atoms with Gasteiger partial charge < -0.3 is 35.1 Å². The second-order valence-corrected chi connectivity index (χ2v) is 13.4. The van der Waals surface area contributed by atoms with Crippen LogP contribution in [0.1, 0.15) is 30.0 Å². The standard InChI is InChI=1S/C31H34IN3O9/c1-16(37)22(27(38)33-10-11-36)34-29(40)31-14-21-23-24(43-30(42-23)12-17-6-2-3-7-18(17)13-30)26(31)44-35(25(31)28(39)41-21)15-19-8-4-5-9-20(19)32/h2-9,16,21-26,36-37H,10-15H2,1H3,(H,33,38)(H,34,40). The summed E-state index contributed by atoms with van der Waals surface area (Å²) in [4.78, 5) is 47.8. The fourth-order valence-electron chi connectivity index (χ4n) is 7.52. The first kappa shape index (κ1) is 30.0. The number of hydroxylamine groups is 2. The van der Waals surface area contributed by atoms with Crippen molar-refractivity contribution in [2.45, 2.75) is 81.1 Å². The van der Waals surface area contributed by atoms with Crippen molar-refractivity contribution < 1.29 is 43.6 Å². The summed E-state index contributed by atoms with van der Waals surface area (Å²) in [7, 11) is 0. The van der Waals surface area contributed by atoms with E-state index in [1.807, 2.05) is 48.5 Å². The van der Waals surface area contributed by atoms with Crippen molar-refractivity contribution in [1.29, 1.82) is 0 Å². The molecule has 234 valence electrons. The molecule has 44 heavy (non-hydrogen) atoms. The van der Waals surface area contributed by atoms with E-state index in [1.165, 1.54) is 12.0 Å². The number of fused-ring (bicyclic) bond motifs is 5. The molecule has 4 N–H and O–H groups in total. The maximum absolute atomic E-state index is 14.5. The highest BCUT2D eigenvalue weighted by atomic mass is 127.